The maximum Gasteiger partial charge on any atom is 0.266 e. The van der Waals surface area contributed by atoms with Crippen molar-refractivity contribution in [1.29, 1.82) is 0 Å². The smallest absolute Gasteiger partial charge is 0.266 e. The summed E-state index contributed by atoms with van der Waals surface area (Å²) in [7, 11) is 0. The second-order valence-corrected chi connectivity index (χ2v) is 12.8. The fourth-order valence-electron chi connectivity index (χ4n) is 6.04. The first-order chi connectivity index (χ1) is 25.1. The zero-order valence-corrected chi connectivity index (χ0v) is 28.7. The molecule has 15 heteroatoms. The Bertz CT molecular complexity index is 2010. The zero-order chi connectivity index (χ0) is 36.8. The van der Waals surface area contributed by atoms with Crippen LogP contribution in [0, 0.1) is 5.82 Å². The van der Waals surface area contributed by atoms with E-state index in [1.54, 1.807) is 18.2 Å². The van der Waals surface area contributed by atoms with E-state index < -0.39 is 35.5 Å². The number of amides is 4. The summed E-state index contributed by atoms with van der Waals surface area (Å²) in [6.07, 6.45) is 3.28. The van der Waals surface area contributed by atoms with Gasteiger partial charge in [-0.25, -0.2) is 4.39 Å². The van der Waals surface area contributed by atoms with Crippen LogP contribution >= 0.6 is 11.6 Å². The highest BCUT2D eigenvalue weighted by Gasteiger charge is 2.46. The van der Waals surface area contributed by atoms with Gasteiger partial charge in [-0.1, -0.05) is 41.9 Å². The van der Waals surface area contributed by atoms with E-state index >= 15 is 0 Å². The SMILES string of the molecule is Nc1nnc(-c2cc(F)cc(Cl)c2O)cc1OCCc1ccc(CNCCCCCOc2cccc3c2C(=O)N(C2CCC(=O)NC2=O)C3=O)cc1. The highest BCUT2D eigenvalue weighted by molar-refractivity contribution is 6.32. The number of hydrogen-bond donors (Lipinski definition) is 4. The van der Waals surface area contributed by atoms with Crippen molar-refractivity contribution >= 4 is 41.0 Å². The van der Waals surface area contributed by atoms with Gasteiger partial charge in [0.1, 0.15) is 29.1 Å². The van der Waals surface area contributed by atoms with Gasteiger partial charge in [0.25, 0.3) is 11.8 Å². The largest absolute Gasteiger partial charge is 0.506 e. The van der Waals surface area contributed by atoms with Crippen LogP contribution < -0.4 is 25.8 Å². The molecule has 1 fully saturated rings. The minimum absolute atomic E-state index is 0.0583. The van der Waals surface area contributed by atoms with E-state index in [0.29, 0.717) is 31.9 Å². The number of aromatic hydroxyl groups is 1. The summed E-state index contributed by atoms with van der Waals surface area (Å²) in [4.78, 5) is 51.0. The number of nitrogens with two attached hydrogens (primary N) is 1. The molecule has 4 aromatic rings. The van der Waals surface area contributed by atoms with Gasteiger partial charge >= 0.3 is 0 Å². The number of imide groups is 2. The Morgan fingerprint density at radius 2 is 1.69 bits per heavy atom. The summed E-state index contributed by atoms with van der Waals surface area (Å²) in [5, 5.41) is 23.5. The highest BCUT2D eigenvalue weighted by atomic mass is 35.5. The molecule has 1 unspecified atom stereocenters. The van der Waals surface area contributed by atoms with E-state index in [-0.39, 0.29) is 57.6 Å². The van der Waals surface area contributed by atoms with Gasteiger partial charge in [0.2, 0.25) is 11.8 Å². The van der Waals surface area contributed by atoms with Crippen molar-refractivity contribution in [2.24, 2.45) is 0 Å². The Morgan fingerprint density at radius 3 is 2.48 bits per heavy atom. The van der Waals surface area contributed by atoms with E-state index in [2.05, 4.69) is 20.8 Å². The first-order valence-electron chi connectivity index (χ1n) is 16.8. The van der Waals surface area contributed by atoms with Crippen LogP contribution in [0.15, 0.2) is 60.7 Å². The van der Waals surface area contributed by atoms with Gasteiger partial charge < -0.3 is 25.6 Å². The van der Waals surface area contributed by atoms with Crippen molar-refractivity contribution in [3.05, 3.63) is 93.8 Å². The second kappa shape index (κ2) is 16.2. The van der Waals surface area contributed by atoms with Crippen LogP contribution in [0.5, 0.6) is 17.2 Å². The molecule has 0 radical (unpaired) electrons. The molecule has 3 heterocycles. The average Bonchev–Trinajstić information content (AvgIpc) is 3.38. The van der Waals surface area contributed by atoms with Crippen LogP contribution in [0.25, 0.3) is 11.3 Å². The quantitative estimate of drug-likeness (QED) is 0.0991. The maximum absolute atomic E-state index is 13.9. The van der Waals surface area contributed by atoms with Crippen molar-refractivity contribution in [1.82, 2.24) is 25.7 Å². The molecule has 6 rings (SSSR count). The minimum atomic E-state index is -1.02. The predicted molar refractivity (Wildman–Crippen MR) is 188 cm³/mol. The number of anilines is 1. The summed E-state index contributed by atoms with van der Waals surface area (Å²) in [5.74, 6) is -2.55. The normalized spacial score (nSPS) is 15.5. The van der Waals surface area contributed by atoms with Crippen molar-refractivity contribution in [3.8, 4) is 28.5 Å². The molecular formula is C37H36ClFN6O7. The Hall–Kier alpha value is -5.60. The lowest BCUT2D eigenvalue weighted by atomic mass is 10.0. The van der Waals surface area contributed by atoms with Gasteiger partial charge in [-0.05, 0) is 67.6 Å². The molecule has 52 heavy (non-hydrogen) atoms. The number of hydrogen-bond acceptors (Lipinski definition) is 11. The first kappa shape index (κ1) is 36.2. The fourth-order valence-corrected chi connectivity index (χ4v) is 6.25. The van der Waals surface area contributed by atoms with Gasteiger partial charge in [0.15, 0.2) is 11.6 Å². The third kappa shape index (κ3) is 8.13. The number of benzene rings is 3. The number of piperidine rings is 1. The molecule has 5 N–H and O–H groups in total. The Morgan fingerprint density at radius 1 is 0.923 bits per heavy atom. The summed E-state index contributed by atoms with van der Waals surface area (Å²) < 4.78 is 25.6. The Kier molecular flexibility index (Phi) is 11.3. The van der Waals surface area contributed by atoms with E-state index in [1.165, 1.54) is 6.07 Å². The molecule has 2 aliphatic rings. The number of aromatic nitrogens is 2. The highest BCUT2D eigenvalue weighted by Crippen LogP contribution is 2.37. The molecule has 1 saturated heterocycles. The van der Waals surface area contributed by atoms with Crippen LogP contribution in [0.4, 0.5) is 10.2 Å². The molecule has 4 amide bonds. The van der Waals surface area contributed by atoms with E-state index in [0.717, 1.165) is 54.0 Å². The molecule has 3 aromatic carbocycles. The number of carbonyl (C=O) groups is 4. The lowest BCUT2D eigenvalue weighted by Crippen LogP contribution is -2.54. The van der Waals surface area contributed by atoms with Crippen molar-refractivity contribution < 1.29 is 38.1 Å². The molecule has 0 saturated carbocycles. The number of phenolic OH excluding ortho intramolecular Hbond substituents is 1. The van der Waals surface area contributed by atoms with Crippen LogP contribution in [-0.4, -0.2) is 69.6 Å². The number of ether oxygens (including phenoxy) is 2. The molecule has 1 atom stereocenters. The Labute approximate surface area is 303 Å². The van der Waals surface area contributed by atoms with Crippen LogP contribution in [0.1, 0.15) is 63.9 Å². The maximum atomic E-state index is 13.9. The summed E-state index contributed by atoms with van der Waals surface area (Å²) in [6.45, 7) is 2.16. The predicted octanol–water partition coefficient (Wildman–Crippen LogP) is 4.59. The number of fused-ring (bicyclic) bond motifs is 1. The average molecular weight is 731 g/mol. The number of carbonyl (C=O) groups excluding carboxylic acids is 4. The molecule has 1 aromatic heterocycles. The third-order valence-electron chi connectivity index (χ3n) is 8.78. The Balaban J connectivity index is 0.889. The van der Waals surface area contributed by atoms with Crippen molar-refractivity contribution in [3.63, 3.8) is 0 Å². The number of nitrogens with zero attached hydrogens (tertiary/aromatic N) is 3. The number of nitrogens with one attached hydrogen (secondary N) is 2. The number of unbranched alkanes of at least 4 members (excludes halogenated alkanes) is 2. The standard InChI is InChI=1S/C37H36ClFN6O7/c38-26-18-23(39)17-25(33(26)47)27-19-30(34(40)44-43-27)52-16-13-21-7-9-22(10-8-21)20-41-14-2-1-3-15-51-29-6-4-5-24-32(29)37(50)45(36(24)49)28-11-12-31(46)42-35(28)48/h4-10,17-19,28,41,47H,1-3,11-16,20H2,(H2,40,44)(H,42,46,48). The van der Waals surface area contributed by atoms with Crippen LogP contribution in [-0.2, 0) is 22.6 Å². The topological polar surface area (TPSA) is 186 Å². The number of nitrogen functional groups attached to an aromatic ring is 1. The molecule has 270 valence electrons. The van der Waals surface area contributed by atoms with Crippen molar-refractivity contribution in [2.45, 2.75) is 51.1 Å². The van der Waals surface area contributed by atoms with Gasteiger partial charge in [0, 0.05) is 31.0 Å². The molecular weight excluding hydrogens is 695 g/mol. The molecule has 0 spiro atoms. The molecule has 0 bridgehead atoms. The van der Waals surface area contributed by atoms with Crippen LogP contribution in [0.3, 0.4) is 0 Å². The summed E-state index contributed by atoms with van der Waals surface area (Å²) in [6, 6.07) is 15.5. The minimum Gasteiger partial charge on any atom is -0.506 e. The van der Waals surface area contributed by atoms with E-state index in [4.69, 9.17) is 26.8 Å². The molecule has 0 aliphatic carbocycles. The number of phenols is 1. The van der Waals surface area contributed by atoms with E-state index in [9.17, 15) is 28.7 Å². The van der Waals surface area contributed by atoms with Crippen LogP contribution in [0.2, 0.25) is 5.02 Å². The molecule has 2 aliphatic heterocycles. The lowest BCUT2D eigenvalue weighted by Gasteiger charge is -2.27. The van der Waals surface area contributed by atoms with Gasteiger partial charge in [-0.15, -0.1) is 10.2 Å². The van der Waals surface area contributed by atoms with Gasteiger partial charge in [-0.2, -0.15) is 0 Å². The third-order valence-corrected chi connectivity index (χ3v) is 9.06. The lowest BCUT2D eigenvalue weighted by molar-refractivity contribution is -0.136. The zero-order valence-electron chi connectivity index (χ0n) is 28.0. The van der Waals surface area contributed by atoms with E-state index in [1.807, 2.05) is 24.3 Å². The number of rotatable bonds is 15. The monoisotopic (exact) mass is 730 g/mol. The van der Waals surface area contributed by atoms with Gasteiger partial charge in [0.05, 0.1) is 29.4 Å². The number of halogens is 2. The second-order valence-electron chi connectivity index (χ2n) is 12.4. The first-order valence-corrected chi connectivity index (χ1v) is 17.2. The summed E-state index contributed by atoms with van der Waals surface area (Å²) >= 11 is 5.89. The van der Waals surface area contributed by atoms with Crippen molar-refractivity contribution in [2.75, 3.05) is 25.5 Å². The molecule has 13 nitrogen and oxygen atoms in total. The summed E-state index contributed by atoms with van der Waals surface area (Å²) in [5.41, 5.74) is 8.69. The van der Waals surface area contributed by atoms with Gasteiger partial charge in [-0.3, -0.25) is 29.4 Å². The fraction of sp³-hybridized carbons (Fsp3) is 0.297.